The van der Waals surface area contributed by atoms with Crippen LogP contribution >= 0.6 is 0 Å². The molecule has 2 atom stereocenters. The van der Waals surface area contributed by atoms with Crippen molar-refractivity contribution >= 4 is 11.8 Å². The first-order chi connectivity index (χ1) is 11.7. The van der Waals surface area contributed by atoms with Gasteiger partial charge in [-0.1, -0.05) is 30.3 Å². The fraction of sp³-hybridized carbons (Fsp3) is 0.556. The number of carbonyl (C=O) groups excluding carboxylic acids is 2. The smallest absolute Gasteiger partial charge is 0.248 e. The molecule has 0 unspecified atom stereocenters. The summed E-state index contributed by atoms with van der Waals surface area (Å²) in [4.78, 5) is 26.5. The second kappa shape index (κ2) is 7.77. The minimum atomic E-state index is -0.529. The Morgan fingerprint density at radius 3 is 2.50 bits per heavy atom. The Hall–Kier alpha value is -1.92. The summed E-state index contributed by atoms with van der Waals surface area (Å²) >= 11 is 0. The van der Waals surface area contributed by atoms with Crippen molar-refractivity contribution in [2.75, 3.05) is 19.6 Å². The van der Waals surface area contributed by atoms with Crippen LogP contribution in [0.4, 0.5) is 0 Å². The van der Waals surface area contributed by atoms with Crippen molar-refractivity contribution in [1.82, 2.24) is 15.7 Å². The van der Waals surface area contributed by atoms with Gasteiger partial charge in [-0.05, 0) is 43.7 Å². The zero-order valence-corrected chi connectivity index (χ0v) is 13.8. The number of nitrogens with zero attached hydrogens (tertiary/aromatic N) is 1. The molecule has 0 bridgehead atoms. The summed E-state index contributed by atoms with van der Waals surface area (Å²) in [5.41, 5.74) is 3.03. The number of benzene rings is 1. The van der Waals surface area contributed by atoms with Crippen LogP contribution in [0.2, 0.25) is 0 Å². The number of hydrogen-bond acceptors (Lipinski definition) is 4. The van der Waals surface area contributed by atoms with Gasteiger partial charge >= 0.3 is 0 Å². The molecule has 0 aliphatic carbocycles. The Balaban J connectivity index is 1.61. The van der Waals surface area contributed by atoms with Gasteiger partial charge in [-0.3, -0.25) is 14.8 Å². The molecule has 0 radical (unpaired) electrons. The van der Waals surface area contributed by atoms with Crippen LogP contribution in [0.1, 0.15) is 37.2 Å². The van der Waals surface area contributed by atoms with E-state index >= 15 is 0 Å². The maximum absolute atomic E-state index is 12.8. The molecule has 6 nitrogen and oxygen atoms in total. The Kier molecular flexibility index (Phi) is 5.48. The molecule has 2 heterocycles. The Morgan fingerprint density at radius 1 is 1.12 bits per heavy atom. The lowest BCUT2D eigenvalue weighted by atomic mass is 9.86. The molecule has 0 aromatic heterocycles. The molecule has 0 saturated carbocycles. The third-order valence-electron chi connectivity index (χ3n) is 5.25. The molecule has 6 heteroatoms. The fourth-order valence-corrected chi connectivity index (χ4v) is 3.87. The average Bonchev–Trinajstić information content (AvgIpc) is 2.67. The normalized spacial score (nSPS) is 25.3. The van der Waals surface area contributed by atoms with Crippen molar-refractivity contribution < 1.29 is 14.8 Å². The third kappa shape index (κ3) is 3.60. The monoisotopic (exact) mass is 331 g/mol. The Bertz CT molecular complexity index is 570. The van der Waals surface area contributed by atoms with E-state index < -0.39 is 17.9 Å². The molecular weight excluding hydrogens is 306 g/mol. The standard InChI is InChI=1S/C18H25N3O3/c22-17(20-24)15-7-4-10-19-16(15)18(23)21-11-8-14(9-12-21)13-5-2-1-3-6-13/h1-3,5-6,14-16,19,24H,4,7-12H2,(H,20,22)/t15-,16-/m0/s1. The van der Waals surface area contributed by atoms with E-state index in [-0.39, 0.29) is 5.91 Å². The van der Waals surface area contributed by atoms with Crippen LogP contribution < -0.4 is 10.8 Å². The number of likely N-dealkylation sites (tertiary alicyclic amines) is 1. The number of amides is 2. The molecule has 2 aliphatic rings. The summed E-state index contributed by atoms with van der Waals surface area (Å²) in [7, 11) is 0. The van der Waals surface area contributed by atoms with Gasteiger partial charge in [0.1, 0.15) is 0 Å². The van der Waals surface area contributed by atoms with Gasteiger partial charge < -0.3 is 10.2 Å². The Labute approximate surface area is 142 Å². The summed E-state index contributed by atoms with van der Waals surface area (Å²) in [6.45, 7) is 2.15. The molecule has 2 amide bonds. The molecule has 3 N–H and O–H groups in total. The molecule has 1 aromatic rings. The lowest BCUT2D eigenvalue weighted by Gasteiger charge is -2.38. The van der Waals surface area contributed by atoms with Crippen LogP contribution in [0.3, 0.4) is 0 Å². The van der Waals surface area contributed by atoms with Crippen molar-refractivity contribution in [1.29, 1.82) is 0 Å². The van der Waals surface area contributed by atoms with Crippen LogP contribution in [-0.4, -0.2) is 47.6 Å². The quantitative estimate of drug-likeness (QED) is 0.575. The molecule has 2 saturated heterocycles. The van der Waals surface area contributed by atoms with Gasteiger partial charge in [0, 0.05) is 13.1 Å². The van der Waals surface area contributed by atoms with E-state index in [0.29, 0.717) is 25.4 Å². The highest BCUT2D eigenvalue weighted by atomic mass is 16.5. The molecule has 0 spiro atoms. The van der Waals surface area contributed by atoms with Gasteiger partial charge in [0.15, 0.2) is 0 Å². The first kappa shape index (κ1) is 16.9. The second-order valence-corrected chi connectivity index (χ2v) is 6.67. The average molecular weight is 331 g/mol. The SMILES string of the molecule is O=C(NO)[C@H]1CCCN[C@@H]1C(=O)N1CCC(c2ccccc2)CC1. The maximum atomic E-state index is 12.8. The molecule has 130 valence electrons. The molecule has 3 rings (SSSR count). The topological polar surface area (TPSA) is 81.7 Å². The van der Waals surface area contributed by atoms with E-state index in [9.17, 15) is 9.59 Å². The number of hydrogen-bond donors (Lipinski definition) is 3. The Morgan fingerprint density at radius 2 is 1.83 bits per heavy atom. The summed E-state index contributed by atoms with van der Waals surface area (Å²) in [5, 5.41) is 12.1. The summed E-state index contributed by atoms with van der Waals surface area (Å²) in [6, 6.07) is 9.88. The summed E-state index contributed by atoms with van der Waals surface area (Å²) < 4.78 is 0. The zero-order valence-electron chi connectivity index (χ0n) is 13.8. The molecule has 24 heavy (non-hydrogen) atoms. The van der Waals surface area contributed by atoms with E-state index in [2.05, 4.69) is 29.6 Å². The van der Waals surface area contributed by atoms with Gasteiger partial charge in [-0.2, -0.15) is 0 Å². The molecular formula is C18H25N3O3. The van der Waals surface area contributed by atoms with E-state index in [0.717, 1.165) is 25.8 Å². The van der Waals surface area contributed by atoms with E-state index in [1.165, 1.54) is 5.56 Å². The van der Waals surface area contributed by atoms with Gasteiger partial charge in [0.05, 0.1) is 12.0 Å². The van der Waals surface area contributed by atoms with Crippen molar-refractivity contribution in [3.63, 3.8) is 0 Å². The minimum Gasteiger partial charge on any atom is -0.341 e. The van der Waals surface area contributed by atoms with Crippen molar-refractivity contribution in [2.45, 2.75) is 37.6 Å². The van der Waals surface area contributed by atoms with E-state index in [1.807, 2.05) is 11.0 Å². The number of rotatable bonds is 3. The highest BCUT2D eigenvalue weighted by Crippen LogP contribution is 2.29. The van der Waals surface area contributed by atoms with Crippen molar-refractivity contribution in [2.24, 2.45) is 5.92 Å². The van der Waals surface area contributed by atoms with E-state index in [4.69, 9.17) is 5.21 Å². The van der Waals surface area contributed by atoms with Crippen LogP contribution in [-0.2, 0) is 9.59 Å². The van der Waals surface area contributed by atoms with Crippen molar-refractivity contribution in [3.8, 4) is 0 Å². The van der Waals surface area contributed by atoms with E-state index in [1.54, 1.807) is 5.48 Å². The zero-order chi connectivity index (χ0) is 16.9. The predicted octanol–water partition coefficient (Wildman–Crippen LogP) is 1.27. The summed E-state index contributed by atoms with van der Waals surface area (Å²) in [6.07, 6.45) is 3.34. The summed E-state index contributed by atoms with van der Waals surface area (Å²) in [5.74, 6) is -0.497. The van der Waals surface area contributed by atoms with Gasteiger partial charge in [0.25, 0.3) is 0 Å². The minimum absolute atomic E-state index is 0.0187. The fourth-order valence-electron chi connectivity index (χ4n) is 3.87. The number of hydroxylamine groups is 1. The molecule has 1 aromatic carbocycles. The lowest BCUT2D eigenvalue weighted by Crippen LogP contribution is -2.57. The largest absolute Gasteiger partial charge is 0.341 e. The van der Waals surface area contributed by atoms with Gasteiger partial charge in [0.2, 0.25) is 11.8 Å². The third-order valence-corrected chi connectivity index (χ3v) is 5.25. The van der Waals surface area contributed by atoms with Crippen LogP contribution in [0.15, 0.2) is 30.3 Å². The molecule has 2 aliphatic heterocycles. The first-order valence-electron chi connectivity index (χ1n) is 8.71. The first-order valence-corrected chi connectivity index (χ1v) is 8.71. The molecule has 2 fully saturated rings. The van der Waals surface area contributed by atoms with Gasteiger partial charge in [-0.25, -0.2) is 5.48 Å². The number of nitrogens with one attached hydrogen (secondary N) is 2. The highest BCUT2D eigenvalue weighted by molar-refractivity contribution is 5.90. The van der Waals surface area contributed by atoms with Crippen LogP contribution in [0.25, 0.3) is 0 Å². The maximum Gasteiger partial charge on any atom is 0.248 e. The number of carbonyl (C=O) groups is 2. The van der Waals surface area contributed by atoms with Crippen LogP contribution in [0, 0.1) is 5.92 Å². The second-order valence-electron chi connectivity index (χ2n) is 6.67. The number of piperidine rings is 2. The lowest BCUT2D eigenvalue weighted by molar-refractivity contribution is -0.144. The highest BCUT2D eigenvalue weighted by Gasteiger charge is 2.38. The van der Waals surface area contributed by atoms with Crippen molar-refractivity contribution in [3.05, 3.63) is 35.9 Å². The predicted molar refractivity (Wildman–Crippen MR) is 89.4 cm³/mol. The van der Waals surface area contributed by atoms with Gasteiger partial charge in [-0.15, -0.1) is 0 Å². The van der Waals surface area contributed by atoms with Crippen LogP contribution in [0.5, 0.6) is 0 Å².